The van der Waals surface area contributed by atoms with Crippen LogP contribution in [-0.2, 0) is 9.53 Å². The number of aliphatic hydroxyl groups is 1. The zero-order chi connectivity index (χ0) is 26.9. The summed E-state index contributed by atoms with van der Waals surface area (Å²) in [5, 5.41) is 12.8. The summed E-state index contributed by atoms with van der Waals surface area (Å²) in [5.41, 5.74) is 1.64. The van der Waals surface area contributed by atoms with Crippen LogP contribution in [0.25, 0.3) is 11.1 Å². The number of hydrogen-bond acceptors (Lipinski definition) is 5. The summed E-state index contributed by atoms with van der Waals surface area (Å²) < 4.78 is 62.6. The average molecular weight is 541 g/mol. The quantitative estimate of drug-likeness (QED) is 0.365. The number of hydrogen-bond donors (Lipinski definition) is 2. The number of likely N-dealkylation sites (tertiary alicyclic amines) is 1. The van der Waals surface area contributed by atoms with Gasteiger partial charge in [-0.25, -0.2) is 4.39 Å². The third-order valence-corrected chi connectivity index (χ3v) is 7.67. The summed E-state index contributed by atoms with van der Waals surface area (Å²) in [7, 11) is 0. The molecule has 0 bridgehead atoms. The highest BCUT2D eigenvalue weighted by atomic mass is 32.2. The normalized spacial score (nSPS) is 25.4. The zero-order valence-electron chi connectivity index (χ0n) is 20.9. The van der Waals surface area contributed by atoms with E-state index in [9.17, 15) is 27.5 Å². The summed E-state index contributed by atoms with van der Waals surface area (Å²) in [5.74, 6) is -0.764. The summed E-state index contributed by atoms with van der Waals surface area (Å²) in [6, 6.07) is 9.61. The molecular formula is C27H32F4N2O3S. The van der Waals surface area contributed by atoms with Gasteiger partial charge in [-0.1, -0.05) is 50.2 Å². The second kappa shape index (κ2) is 11.3. The van der Waals surface area contributed by atoms with E-state index >= 15 is 0 Å². The van der Waals surface area contributed by atoms with Crippen molar-refractivity contribution in [1.82, 2.24) is 10.2 Å². The molecule has 0 spiro atoms. The number of ether oxygens (including phenoxy) is 1. The molecule has 10 heteroatoms. The van der Waals surface area contributed by atoms with Crippen LogP contribution in [0.2, 0.25) is 0 Å². The monoisotopic (exact) mass is 540 g/mol. The first-order chi connectivity index (χ1) is 17.5. The van der Waals surface area contributed by atoms with Gasteiger partial charge in [0.15, 0.2) is 0 Å². The molecule has 5 nitrogen and oxygen atoms in total. The fourth-order valence-corrected chi connectivity index (χ4v) is 5.53. The third-order valence-electron chi connectivity index (χ3n) is 6.93. The number of benzene rings is 2. The van der Waals surface area contributed by atoms with Crippen LogP contribution in [0.3, 0.4) is 0 Å². The largest absolute Gasteiger partial charge is 0.407 e. The molecule has 4 rings (SSSR count). The van der Waals surface area contributed by atoms with Crippen molar-refractivity contribution in [3.63, 3.8) is 0 Å². The van der Waals surface area contributed by atoms with Crippen molar-refractivity contribution in [2.75, 3.05) is 19.4 Å². The maximum absolute atomic E-state index is 14.5. The Balaban J connectivity index is 1.58. The molecule has 0 radical (unpaired) electrons. The number of nitrogens with zero attached hydrogens (tertiary/aromatic N) is 1. The third kappa shape index (κ3) is 6.13. The highest BCUT2D eigenvalue weighted by molar-refractivity contribution is 7.98. The lowest BCUT2D eigenvalue weighted by atomic mass is 9.97. The molecule has 2 fully saturated rings. The molecule has 2 aromatic rings. The van der Waals surface area contributed by atoms with E-state index in [1.54, 1.807) is 37.7 Å². The van der Waals surface area contributed by atoms with Gasteiger partial charge in [-0.15, -0.1) is 11.8 Å². The van der Waals surface area contributed by atoms with Gasteiger partial charge in [0.1, 0.15) is 24.4 Å². The van der Waals surface area contributed by atoms with Gasteiger partial charge in [0, 0.05) is 4.90 Å². The van der Waals surface area contributed by atoms with Crippen molar-refractivity contribution in [3.8, 4) is 11.1 Å². The Morgan fingerprint density at radius 1 is 1.14 bits per heavy atom. The average Bonchev–Trinajstić information content (AvgIpc) is 3.40. The molecule has 37 heavy (non-hydrogen) atoms. The topological polar surface area (TPSA) is 61.8 Å². The van der Waals surface area contributed by atoms with Gasteiger partial charge < -0.3 is 14.7 Å². The van der Waals surface area contributed by atoms with Gasteiger partial charge in [0.05, 0.1) is 25.2 Å². The number of thioether (sulfide) groups is 1. The molecule has 1 amide bonds. The molecule has 6 atom stereocenters. The van der Waals surface area contributed by atoms with Gasteiger partial charge in [-0.2, -0.15) is 13.2 Å². The molecule has 2 heterocycles. The first-order valence-electron chi connectivity index (χ1n) is 12.3. The van der Waals surface area contributed by atoms with Gasteiger partial charge in [-0.05, 0) is 47.4 Å². The number of carbonyl (C=O) groups is 1. The van der Waals surface area contributed by atoms with Crippen molar-refractivity contribution < 1.29 is 32.2 Å². The van der Waals surface area contributed by atoms with E-state index in [1.165, 1.54) is 12.1 Å². The lowest BCUT2D eigenvalue weighted by Gasteiger charge is -2.33. The predicted octanol–water partition coefficient (Wildman–Crippen LogP) is 4.99. The summed E-state index contributed by atoms with van der Waals surface area (Å²) in [6.07, 6.45) is -6.13. The van der Waals surface area contributed by atoms with E-state index in [4.69, 9.17) is 4.74 Å². The first-order valence-corrected chi connectivity index (χ1v) is 13.5. The van der Waals surface area contributed by atoms with Crippen molar-refractivity contribution in [1.29, 1.82) is 0 Å². The number of carbonyl (C=O) groups excluding carboxylic acids is 1. The molecule has 0 saturated carbocycles. The first kappa shape index (κ1) is 27.9. The molecule has 2 N–H and O–H groups in total. The van der Waals surface area contributed by atoms with Gasteiger partial charge >= 0.3 is 6.18 Å². The number of amides is 1. The number of fused-ring (bicyclic) bond motifs is 1. The Morgan fingerprint density at radius 3 is 2.27 bits per heavy atom. The van der Waals surface area contributed by atoms with Crippen LogP contribution >= 0.6 is 11.8 Å². The molecule has 2 saturated heterocycles. The maximum Gasteiger partial charge on any atom is 0.407 e. The zero-order valence-corrected chi connectivity index (χ0v) is 21.7. The van der Waals surface area contributed by atoms with Crippen molar-refractivity contribution >= 4 is 17.7 Å². The molecule has 2 aliphatic heterocycles. The van der Waals surface area contributed by atoms with Crippen LogP contribution in [0.15, 0.2) is 53.4 Å². The Kier molecular flexibility index (Phi) is 8.52. The highest BCUT2D eigenvalue weighted by Crippen LogP contribution is 2.36. The Hall–Kier alpha value is -2.14. The summed E-state index contributed by atoms with van der Waals surface area (Å²) in [4.78, 5) is 15.7. The van der Waals surface area contributed by atoms with E-state index in [2.05, 4.69) is 5.32 Å². The van der Waals surface area contributed by atoms with Crippen LogP contribution in [-0.4, -0.2) is 72.0 Å². The van der Waals surface area contributed by atoms with E-state index < -0.39 is 48.6 Å². The fourth-order valence-electron chi connectivity index (χ4n) is 5.12. The van der Waals surface area contributed by atoms with E-state index in [-0.39, 0.29) is 31.1 Å². The van der Waals surface area contributed by atoms with Gasteiger partial charge in [0.2, 0.25) is 5.91 Å². The highest BCUT2D eigenvalue weighted by Gasteiger charge is 2.54. The lowest BCUT2D eigenvalue weighted by molar-refractivity contribution is -0.163. The maximum atomic E-state index is 14.5. The lowest BCUT2D eigenvalue weighted by Crippen LogP contribution is -2.54. The van der Waals surface area contributed by atoms with Gasteiger partial charge in [-0.3, -0.25) is 10.1 Å². The van der Waals surface area contributed by atoms with Crippen LogP contribution in [0.4, 0.5) is 17.6 Å². The smallest absolute Gasteiger partial charge is 0.388 e. The number of rotatable bonds is 8. The SMILES string of the molecule is CSc1ccc(-c2ccc([C@H](NC(CC(C)C)C(=O)N3C[C@H](F)[C@H]4OC[C@H](O)[C@H]43)C(F)(F)F)cc2)cc1. The van der Waals surface area contributed by atoms with E-state index in [0.717, 1.165) is 20.9 Å². The van der Waals surface area contributed by atoms with Crippen LogP contribution < -0.4 is 5.32 Å². The minimum absolute atomic E-state index is 0.0227. The second-order valence-corrected chi connectivity index (χ2v) is 10.9. The standard InChI is InChI=1S/C27H32F4N2O3S/c1-15(2)12-21(26(35)33-13-20(28)24-23(33)22(34)14-36-24)32-25(27(29,30)31)18-6-4-16(5-7-18)17-8-10-19(37-3)11-9-17/h4-11,15,20-25,32,34H,12-14H2,1-3H3/t20-,21?,22-,23+,24+,25-/m0/s1. The van der Waals surface area contributed by atoms with E-state index in [1.807, 2.05) is 30.5 Å². The number of aliphatic hydroxyl groups excluding tert-OH is 1. The van der Waals surface area contributed by atoms with Gasteiger partial charge in [0.25, 0.3) is 0 Å². The summed E-state index contributed by atoms with van der Waals surface area (Å²) >= 11 is 1.60. The molecule has 1 unspecified atom stereocenters. The predicted molar refractivity (Wildman–Crippen MR) is 135 cm³/mol. The van der Waals surface area contributed by atoms with Crippen LogP contribution in [0.1, 0.15) is 31.9 Å². The second-order valence-electron chi connectivity index (χ2n) is 10.0. The Labute approximate surface area is 218 Å². The van der Waals surface area contributed by atoms with Crippen molar-refractivity contribution in [2.24, 2.45) is 5.92 Å². The Bertz CT molecular complexity index is 1060. The molecule has 0 aliphatic carbocycles. The fraction of sp³-hybridized carbons (Fsp3) is 0.519. The minimum atomic E-state index is -4.68. The molecule has 2 aromatic carbocycles. The Morgan fingerprint density at radius 2 is 1.73 bits per heavy atom. The van der Waals surface area contributed by atoms with E-state index in [0.29, 0.717) is 0 Å². The molecular weight excluding hydrogens is 508 g/mol. The van der Waals surface area contributed by atoms with Crippen LogP contribution in [0.5, 0.6) is 0 Å². The van der Waals surface area contributed by atoms with Crippen LogP contribution in [0, 0.1) is 5.92 Å². The van der Waals surface area contributed by atoms with Crippen molar-refractivity contribution in [3.05, 3.63) is 54.1 Å². The summed E-state index contributed by atoms with van der Waals surface area (Å²) in [6.45, 7) is 3.18. The molecule has 0 aromatic heterocycles. The number of alkyl halides is 4. The molecule has 2 aliphatic rings. The number of halogens is 4. The molecule has 202 valence electrons. The number of nitrogens with one attached hydrogen (secondary N) is 1. The van der Waals surface area contributed by atoms with Crippen molar-refractivity contribution in [2.45, 2.75) is 67.8 Å². The minimum Gasteiger partial charge on any atom is -0.388 e.